The van der Waals surface area contributed by atoms with Gasteiger partial charge in [0.15, 0.2) is 11.5 Å². The Morgan fingerprint density at radius 3 is 2.56 bits per heavy atom. The third-order valence-corrected chi connectivity index (χ3v) is 5.77. The number of thiophene rings is 1. The first-order chi connectivity index (χ1) is 12.9. The molecule has 1 amide bonds. The average molecular weight is 385 g/mol. The lowest BCUT2D eigenvalue weighted by Gasteiger charge is -2.22. The average Bonchev–Trinajstić information content (AvgIpc) is 3.11. The zero-order valence-corrected chi connectivity index (χ0v) is 16.4. The maximum atomic E-state index is 12.3. The first-order valence-electron chi connectivity index (χ1n) is 8.62. The number of carbonyl (C=O) groups is 1. The Hall–Kier alpha value is -2.57. The van der Waals surface area contributed by atoms with Crippen molar-refractivity contribution >= 4 is 27.3 Å². The van der Waals surface area contributed by atoms with Crippen LogP contribution in [-0.2, 0) is 16.8 Å². The molecule has 0 aliphatic rings. The lowest BCUT2D eigenvalue weighted by Crippen LogP contribution is -2.38. The monoisotopic (exact) mass is 385 g/mol. The van der Waals surface area contributed by atoms with Crippen molar-refractivity contribution in [2.45, 2.75) is 18.9 Å². The van der Waals surface area contributed by atoms with Gasteiger partial charge in [-0.05, 0) is 42.1 Å². The van der Waals surface area contributed by atoms with Gasteiger partial charge in [0.25, 0.3) is 0 Å². The summed E-state index contributed by atoms with van der Waals surface area (Å²) in [6.45, 7) is 1.86. The first kappa shape index (κ1) is 19.2. The Morgan fingerprint density at radius 2 is 1.85 bits per heavy atom. The van der Waals surface area contributed by atoms with Crippen molar-refractivity contribution in [2.24, 2.45) is 0 Å². The van der Waals surface area contributed by atoms with Crippen LogP contribution in [0.2, 0.25) is 0 Å². The molecule has 2 aromatic carbocycles. The summed E-state index contributed by atoms with van der Waals surface area (Å²) < 4.78 is 11.6. The zero-order valence-electron chi connectivity index (χ0n) is 15.6. The second kappa shape index (κ2) is 7.98. The number of carbonyl (C=O) groups excluding carboxylic acids is 1. The molecule has 2 N–H and O–H groups in total. The lowest BCUT2D eigenvalue weighted by atomic mass is 10.0. The van der Waals surface area contributed by atoms with Crippen LogP contribution >= 0.6 is 11.3 Å². The van der Waals surface area contributed by atoms with Crippen molar-refractivity contribution in [1.82, 2.24) is 5.32 Å². The highest BCUT2D eigenvalue weighted by molar-refractivity contribution is 7.19. The van der Waals surface area contributed by atoms with Crippen molar-refractivity contribution < 1.29 is 19.4 Å². The Morgan fingerprint density at radius 1 is 1.11 bits per heavy atom. The summed E-state index contributed by atoms with van der Waals surface area (Å²) in [7, 11) is 3.13. The highest BCUT2D eigenvalue weighted by Gasteiger charge is 2.26. The molecule has 0 radical (unpaired) electrons. The van der Waals surface area contributed by atoms with Crippen LogP contribution in [0.25, 0.3) is 10.1 Å². The van der Waals surface area contributed by atoms with Gasteiger partial charge in [0, 0.05) is 9.58 Å². The molecule has 0 unspecified atom stereocenters. The molecule has 0 saturated carbocycles. The maximum Gasteiger partial charge on any atom is 0.224 e. The quantitative estimate of drug-likeness (QED) is 0.653. The molecular formula is C21H23NO4S. The number of hydrogen-bond acceptors (Lipinski definition) is 5. The molecule has 6 heteroatoms. The van der Waals surface area contributed by atoms with Gasteiger partial charge in [-0.1, -0.05) is 24.3 Å². The summed E-state index contributed by atoms with van der Waals surface area (Å²) in [6, 6.07) is 15.3. The molecule has 142 valence electrons. The molecule has 0 aliphatic carbocycles. The van der Waals surface area contributed by atoms with Crippen LogP contribution in [0.4, 0.5) is 0 Å². The number of fused-ring (bicyclic) bond motifs is 1. The molecule has 1 aromatic heterocycles. The molecule has 0 bridgehead atoms. The minimum Gasteiger partial charge on any atom is -0.493 e. The van der Waals surface area contributed by atoms with Crippen molar-refractivity contribution in [2.75, 3.05) is 20.8 Å². The van der Waals surface area contributed by atoms with E-state index in [4.69, 9.17) is 9.47 Å². The number of rotatable bonds is 7. The Bertz CT molecular complexity index is 915. The van der Waals surface area contributed by atoms with Crippen molar-refractivity contribution in [1.29, 1.82) is 0 Å². The zero-order chi connectivity index (χ0) is 19.4. The summed E-state index contributed by atoms with van der Waals surface area (Å²) in [5.41, 5.74) is -0.316. The van der Waals surface area contributed by atoms with E-state index in [0.717, 1.165) is 20.5 Å². The minimum absolute atomic E-state index is 0.145. The van der Waals surface area contributed by atoms with Crippen LogP contribution in [0.15, 0.2) is 48.5 Å². The molecule has 3 aromatic rings. The van der Waals surface area contributed by atoms with E-state index in [1.54, 1.807) is 33.3 Å². The largest absolute Gasteiger partial charge is 0.493 e. The molecule has 0 aliphatic heterocycles. The predicted octanol–water partition coefficient (Wildman–Crippen LogP) is 3.48. The van der Waals surface area contributed by atoms with Crippen molar-refractivity contribution in [3.8, 4) is 11.5 Å². The molecule has 0 spiro atoms. The van der Waals surface area contributed by atoms with E-state index < -0.39 is 5.60 Å². The summed E-state index contributed by atoms with van der Waals surface area (Å²) in [6.07, 6.45) is 0.197. The number of hydrogen-bond donors (Lipinski definition) is 2. The Balaban J connectivity index is 1.64. The summed E-state index contributed by atoms with van der Waals surface area (Å²) >= 11 is 1.54. The molecule has 0 saturated heterocycles. The Labute approximate surface area is 162 Å². The normalized spacial score (nSPS) is 13.2. The SMILES string of the molecule is COc1ccc(CC(=O)NC[C@@](C)(O)c2cc3ccccc3s2)cc1OC. The lowest BCUT2D eigenvalue weighted by molar-refractivity contribution is -0.121. The standard InChI is InChI=1S/C21H23NO4S/c1-21(24,19-12-15-6-4-5-7-18(15)27-19)13-22-20(23)11-14-8-9-16(25-2)17(10-14)26-3/h4-10,12,24H,11,13H2,1-3H3,(H,22,23)/t21-/m1/s1. The molecular weight excluding hydrogens is 362 g/mol. The van der Waals surface area contributed by atoms with E-state index in [9.17, 15) is 9.90 Å². The van der Waals surface area contributed by atoms with Gasteiger partial charge in [-0.2, -0.15) is 0 Å². The topological polar surface area (TPSA) is 67.8 Å². The predicted molar refractivity (Wildman–Crippen MR) is 108 cm³/mol. The van der Waals surface area contributed by atoms with Gasteiger partial charge < -0.3 is 19.9 Å². The number of nitrogens with one attached hydrogen (secondary N) is 1. The van der Waals surface area contributed by atoms with E-state index in [2.05, 4.69) is 5.32 Å². The second-order valence-electron chi connectivity index (χ2n) is 6.57. The van der Waals surface area contributed by atoms with Crippen LogP contribution in [-0.4, -0.2) is 31.8 Å². The van der Waals surface area contributed by atoms with Gasteiger partial charge in [-0.3, -0.25) is 4.79 Å². The maximum absolute atomic E-state index is 12.3. The van der Waals surface area contributed by atoms with Gasteiger partial charge in [0.2, 0.25) is 5.91 Å². The van der Waals surface area contributed by atoms with Gasteiger partial charge in [-0.15, -0.1) is 11.3 Å². The summed E-state index contributed by atoms with van der Waals surface area (Å²) in [5.74, 6) is 1.04. The molecule has 5 nitrogen and oxygen atoms in total. The first-order valence-corrected chi connectivity index (χ1v) is 9.43. The minimum atomic E-state index is -1.13. The summed E-state index contributed by atoms with van der Waals surface area (Å²) in [5, 5.41) is 14.7. The number of methoxy groups -OCH3 is 2. The van der Waals surface area contributed by atoms with Crippen LogP contribution < -0.4 is 14.8 Å². The van der Waals surface area contributed by atoms with Crippen LogP contribution in [0.1, 0.15) is 17.4 Å². The van der Waals surface area contributed by atoms with Gasteiger partial charge >= 0.3 is 0 Å². The smallest absolute Gasteiger partial charge is 0.224 e. The highest BCUT2D eigenvalue weighted by Crippen LogP contribution is 2.33. The molecule has 3 rings (SSSR count). The Kier molecular flexibility index (Phi) is 5.68. The highest BCUT2D eigenvalue weighted by atomic mass is 32.1. The number of ether oxygens (including phenoxy) is 2. The van der Waals surface area contributed by atoms with Gasteiger partial charge in [0.05, 0.1) is 27.2 Å². The fourth-order valence-corrected chi connectivity index (χ4v) is 3.95. The number of amides is 1. The van der Waals surface area contributed by atoms with E-state index >= 15 is 0 Å². The van der Waals surface area contributed by atoms with Crippen LogP contribution in [0.5, 0.6) is 11.5 Å². The van der Waals surface area contributed by atoms with Crippen LogP contribution in [0, 0.1) is 0 Å². The van der Waals surface area contributed by atoms with Crippen molar-refractivity contribution in [3.63, 3.8) is 0 Å². The third-order valence-electron chi connectivity index (χ3n) is 4.40. The number of benzene rings is 2. The molecule has 0 fully saturated rings. The fraction of sp³-hybridized carbons (Fsp3) is 0.286. The molecule has 1 heterocycles. The molecule has 1 atom stereocenters. The molecule has 27 heavy (non-hydrogen) atoms. The van der Waals surface area contributed by atoms with E-state index in [-0.39, 0.29) is 18.9 Å². The van der Waals surface area contributed by atoms with E-state index in [1.165, 1.54) is 11.3 Å². The van der Waals surface area contributed by atoms with Crippen LogP contribution in [0.3, 0.4) is 0 Å². The van der Waals surface area contributed by atoms with E-state index in [0.29, 0.717) is 11.5 Å². The van der Waals surface area contributed by atoms with Crippen molar-refractivity contribution in [3.05, 3.63) is 59.0 Å². The van der Waals surface area contributed by atoms with Gasteiger partial charge in [0.1, 0.15) is 5.60 Å². The fourth-order valence-electron chi connectivity index (χ4n) is 2.84. The number of aliphatic hydroxyl groups is 1. The third kappa shape index (κ3) is 4.40. The summed E-state index contributed by atoms with van der Waals surface area (Å²) in [4.78, 5) is 13.2. The van der Waals surface area contributed by atoms with Gasteiger partial charge in [-0.25, -0.2) is 0 Å². The van der Waals surface area contributed by atoms with E-state index in [1.807, 2.05) is 36.4 Å². The second-order valence-corrected chi connectivity index (χ2v) is 7.65.